The quantitative estimate of drug-likeness (QED) is 0.118. The minimum absolute atomic E-state index is 0.0289. The first kappa shape index (κ1) is 26.1. The first-order chi connectivity index (χ1) is 16.5. The lowest BCUT2D eigenvalue weighted by Crippen LogP contribution is -2.73. The molecule has 1 aromatic heterocycles. The molecule has 35 heavy (non-hydrogen) atoms. The summed E-state index contributed by atoms with van der Waals surface area (Å²) in [6.45, 7) is -0.0114. The number of amides is 4. The second-order valence-electron chi connectivity index (χ2n) is 7.49. The molecule has 0 aliphatic carbocycles. The molecule has 0 bridgehead atoms. The second-order valence-corrected chi connectivity index (χ2v) is 9.66. The van der Waals surface area contributed by atoms with E-state index in [0.717, 1.165) is 30.6 Å². The summed E-state index contributed by atoms with van der Waals surface area (Å²) in [7, 11) is -5.01. The highest BCUT2D eigenvalue weighted by Gasteiger charge is 2.54. The van der Waals surface area contributed by atoms with Crippen LogP contribution in [0.1, 0.15) is 25.0 Å². The molecule has 4 amide bonds. The lowest BCUT2D eigenvalue weighted by Gasteiger charge is -2.43. The number of anilines is 1. The fraction of sp³-hybridized carbons (Fsp3) is 0.529. The van der Waals surface area contributed by atoms with Gasteiger partial charge in [-0.3, -0.25) is 18.9 Å². The van der Waals surface area contributed by atoms with E-state index in [4.69, 9.17) is 16.3 Å². The number of nitrogens with one attached hydrogen (secondary N) is 1. The number of thiazole rings is 1. The van der Waals surface area contributed by atoms with Crippen molar-refractivity contribution in [2.45, 2.75) is 31.3 Å². The van der Waals surface area contributed by atoms with Crippen molar-refractivity contribution in [3.8, 4) is 0 Å². The van der Waals surface area contributed by atoms with E-state index < -0.39 is 59.2 Å². The molecule has 1 aromatic rings. The van der Waals surface area contributed by atoms with Gasteiger partial charge in [0.1, 0.15) is 24.4 Å². The Kier molecular flexibility index (Phi) is 8.07. The Morgan fingerprint density at radius 3 is 2.54 bits per heavy atom. The Balaban J connectivity index is 1.74. The molecule has 18 heteroatoms. The van der Waals surface area contributed by atoms with Gasteiger partial charge in [0.05, 0.1) is 0 Å². The molecule has 2 atom stereocenters. The maximum atomic E-state index is 12.9. The SMILES string of the molecule is NC(=O)OCC1C(NC(=O)/C(=N\OCC(=O)N2CCCCC2)c2csc(N)n2)C(=O)N1S(=O)(=O)O. The Morgan fingerprint density at radius 1 is 1.29 bits per heavy atom. The van der Waals surface area contributed by atoms with Gasteiger partial charge in [-0.05, 0) is 19.3 Å². The van der Waals surface area contributed by atoms with Gasteiger partial charge in [0, 0.05) is 18.5 Å². The first-order valence-electron chi connectivity index (χ1n) is 10.2. The van der Waals surface area contributed by atoms with Crippen molar-refractivity contribution in [3.63, 3.8) is 0 Å². The van der Waals surface area contributed by atoms with Gasteiger partial charge in [0.15, 0.2) is 17.5 Å². The van der Waals surface area contributed by atoms with Crippen molar-refractivity contribution < 1.29 is 41.7 Å². The summed E-state index contributed by atoms with van der Waals surface area (Å²) in [5.74, 6) is -2.55. The third-order valence-electron chi connectivity index (χ3n) is 5.13. The smallest absolute Gasteiger partial charge is 0.404 e. The molecule has 0 spiro atoms. The predicted octanol–water partition coefficient (Wildman–Crippen LogP) is -1.95. The highest BCUT2D eigenvalue weighted by atomic mass is 32.2. The molecule has 16 nitrogen and oxygen atoms in total. The third-order valence-corrected chi connectivity index (χ3v) is 6.75. The zero-order valence-corrected chi connectivity index (χ0v) is 19.8. The van der Waals surface area contributed by atoms with Gasteiger partial charge in [0.25, 0.3) is 17.7 Å². The number of aromatic nitrogens is 1. The predicted molar refractivity (Wildman–Crippen MR) is 119 cm³/mol. The fourth-order valence-electron chi connectivity index (χ4n) is 3.49. The lowest BCUT2D eigenvalue weighted by atomic mass is 9.99. The van der Waals surface area contributed by atoms with Crippen LogP contribution in [0.5, 0.6) is 0 Å². The van der Waals surface area contributed by atoms with Crippen molar-refractivity contribution >= 4 is 56.3 Å². The van der Waals surface area contributed by atoms with Crippen LogP contribution in [0.3, 0.4) is 0 Å². The average molecular weight is 534 g/mol. The van der Waals surface area contributed by atoms with Gasteiger partial charge in [0.2, 0.25) is 0 Å². The molecule has 2 unspecified atom stereocenters. The largest absolute Gasteiger partial charge is 0.447 e. The molecule has 2 aliphatic rings. The first-order valence-corrected chi connectivity index (χ1v) is 12.5. The molecule has 6 N–H and O–H groups in total. The Bertz CT molecular complexity index is 1130. The molecule has 192 valence electrons. The van der Waals surface area contributed by atoms with Crippen molar-refractivity contribution in [2.75, 3.05) is 32.0 Å². The van der Waals surface area contributed by atoms with Crippen LogP contribution in [-0.4, -0.2) is 95.1 Å². The van der Waals surface area contributed by atoms with Gasteiger partial charge in [-0.25, -0.2) is 14.1 Å². The standard InChI is InChI=1S/C17H23N7O9S2/c18-16-20-9(8-34-16)12(22-33-7-11(25)23-4-2-1-3-5-23)14(26)21-13-10(6-32-17(19)28)24(15(13)27)35(29,30)31/h8,10,13H,1-7H2,(H2,18,20)(H2,19,28)(H,21,26)(H,29,30,31)/b22-12-. The summed E-state index contributed by atoms with van der Waals surface area (Å²) >= 11 is 0.984. The number of likely N-dealkylation sites (tertiary alicyclic amines) is 1. The number of hydrogen-bond donors (Lipinski definition) is 4. The molecular formula is C17H23N7O9S2. The van der Waals surface area contributed by atoms with Crippen LogP contribution in [0.15, 0.2) is 10.5 Å². The van der Waals surface area contributed by atoms with Crippen molar-refractivity contribution in [2.24, 2.45) is 10.9 Å². The van der Waals surface area contributed by atoms with Gasteiger partial charge < -0.3 is 31.3 Å². The summed E-state index contributed by atoms with van der Waals surface area (Å²) in [5.41, 5.74) is 10.0. The topological polar surface area (TPSA) is 237 Å². The minimum Gasteiger partial charge on any atom is -0.447 e. The van der Waals surface area contributed by atoms with E-state index in [1.165, 1.54) is 5.38 Å². The summed E-state index contributed by atoms with van der Waals surface area (Å²) in [6.07, 6.45) is 1.50. The monoisotopic (exact) mass is 533 g/mol. The van der Waals surface area contributed by atoms with E-state index in [1.807, 2.05) is 0 Å². The third kappa shape index (κ3) is 6.34. The van der Waals surface area contributed by atoms with Gasteiger partial charge in [-0.2, -0.15) is 8.42 Å². The van der Waals surface area contributed by atoms with Crippen molar-refractivity contribution in [1.29, 1.82) is 0 Å². The molecular weight excluding hydrogens is 510 g/mol. The molecule has 2 fully saturated rings. The van der Waals surface area contributed by atoms with E-state index in [2.05, 4.69) is 20.2 Å². The molecule has 0 radical (unpaired) electrons. The lowest BCUT2D eigenvalue weighted by molar-refractivity contribution is -0.146. The van der Waals surface area contributed by atoms with Gasteiger partial charge in [-0.1, -0.05) is 5.16 Å². The fourth-order valence-corrected chi connectivity index (χ4v) is 4.90. The van der Waals surface area contributed by atoms with Crippen LogP contribution in [0.2, 0.25) is 0 Å². The van der Waals surface area contributed by atoms with Gasteiger partial charge in [-0.15, -0.1) is 11.3 Å². The van der Waals surface area contributed by atoms with Crippen LogP contribution in [0.4, 0.5) is 9.93 Å². The molecule has 2 saturated heterocycles. The second kappa shape index (κ2) is 10.8. The molecule has 3 heterocycles. The summed E-state index contributed by atoms with van der Waals surface area (Å²) in [5, 5.41) is 7.40. The van der Waals surface area contributed by atoms with Crippen LogP contribution < -0.4 is 16.8 Å². The number of nitrogens with two attached hydrogens (primary N) is 2. The number of ether oxygens (including phenoxy) is 1. The highest BCUT2D eigenvalue weighted by Crippen LogP contribution is 2.24. The van der Waals surface area contributed by atoms with E-state index in [0.29, 0.717) is 13.1 Å². The van der Waals surface area contributed by atoms with Crippen molar-refractivity contribution in [3.05, 3.63) is 11.1 Å². The van der Waals surface area contributed by atoms with E-state index >= 15 is 0 Å². The van der Waals surface area contributed by atoms with E-state index in [-0.39, 0.29) is 21.0 Å². The number of hydrogen-bond acceptors (Lipinski definition) is 12. The molecule has 0 saturated carbocycles. The Labute approximate surface area is 203 Å². The van der Waals surface area contributed by atoms with Crippen LogP contribution >= 0.6 is 11.3 Å². The number of carbonyl (C=O) groups is 4. The number of rotatable bonds is 9. The van der Waals surface area contributed by atoms with Gasteiger partial charge >= 0.3 is 16.4 Å². The van der Waals surface area contributed by atoms with E-state index in [1.54, 1.807) is 4.90 Å². The molecule has 0 aromatic carbocycles. The number of primary amides is 1. The zero-order valence-electron chi connectivity index (χ0n) is 18.2. The van der Waals surface area contributed by atoms with E-state index in [9.17, 15) is 32.1 Å². The molecule has 3 rings (SSSR count). The minimum atomic E-state index is -5.01. The van der Waals surface area contributed by atoms with Crippen LogP contribution in [-0.2, 0) is 34.3 Å². The number of oxime groups is 1. The van der Waals surface area contributed by atoms with Crippen LogP contribution in [0.25, 0.3) is 0 Å². The average Bonchev–Trinajstić information content (AvgIpc) is 3.22. The summed E-state index contributed by atoms with van der Waals surface area (Å²) in [4.78, 5) is 59.0. The number of β-lactam (4-membered cyclic amide) rings is 1. The number of carbonyl (C=O) groups excluding carboxylic acids is 4. The maximum absolute atomic E-state index is 12.9. The summed E-state index contributed by atoms with van der Waals surface area (Å²) < 4.78 is 36.8. The normalized spacial score (nSPS) is 20.7. The van der Waals surface area contributed by atoms with Crippen LogP contribution in [0, 0.1) is 0 Å². The Hall–Kier alpha value is -3.51. The zero-order chi connectivity index (χ0) is 25.8. The number of nitrogen functional groups attached to an aromatic ring is 1. The number of piperidine rings is 1. The highest BCUT2D eigenvalue weighted by molar-refractivity contribution is 7.84. The molecule has 2 aliphatic heterocycles. The summed E-state index contributed by atoms with van der Waals surface area (Å²) in [6, 6.07) is -3.00. The Morgan fingerprint density at radius 2 is 1.97 bits per heavy atom. The maximum Gasteiger partial charge on any atom is 0.404 e. The number of nitrogens with zero attached hydrogens (tertiary/aromatic N) is 4. The van der Waals surface area contributed by atoms with Crippen molar-refractivity contribution in [1.82, 2.24) is 19.5 Å².